The number of carbonyl (C=O) groups excluding carboxylic acids is 7. The third kappa shape index (κ3) is 31.2. The van der Waals surface area contributed by atoms with Crippen molar-refractivity contribution in [2.75, 3.05) is 112 Å². The maximum atomic E-state index is 15.2. The first-order chi connectivity index (χ1) is 63.2. The van der Waals surface area contributed by atoms with Gasteiger partial charge in [0.2, 0.25) is 23.5 Å². The average molecular weight is 1830 g/mol. The summed E-state index contributed by atoms with van der Waals surface area (Å²) in [5, 5.41) is 72.8. The number of anilines is 1. The van der Waals surface area contributed by atoms with Gasteiger partial charge in [0.1, 0.15) is 54.3 Å². The molecule has 1 aliphatic carbocycles. The first-order valence-corrected chi connectivity index (χ1v) is 46.0. The molecule has 4 aromatic heterocycles. The Morgan fingerprint density at radius 2 is 1.44 bits per heavy atom. The number of piperidine rings is 1. The third-order valence-corrected chi connectivity index (χ3v) is 24.5. The highest BCUT2D eigenvalue weighted by molar-refractivity contribution is 6.39. The van der Waals surface area contributed by atoms with Crippen LogP contribution in [-0.2, 0) is 101 Å². The summed E-state index contributed by atoms with van der Waals surface area (Å²) >= 11 is 0. The highest BCUT2D eigenvalue weighted by Crippen LogP contribution is 2.40. The molecule has 0 radical (unpaired) electrons. The summed E-state index contributed by atoms with van der Waals surface area (Å²) in [7, 11) is 3.20. The number of methoxy groups -OCH3 is 2. The fourth-order valence-corrected chi connectivity index (χ4v) is 16.9. The number of hydrogen-bond donors (Lipinski definition) is 9. The standard InChI is InChI=1S/C94H135N15O22/c1-60-20-11-9-12-21-61(2)77(121-7)55-70-30-27-65(6)94(120,131-70)88(116)91(117)107-38-17-15-25-75(107)92(118)129-78(56-72(105-128-58-66-22-13-10-14-23-66)62(3)51-64(5)86(114)87(115)85(113)63(4)50-60)71(95)52-67-28-31-74(79(53-67)122-8)109-57-69(103-106-109)24-19-26-80(110)98-36-42-126-47-49-127-48-45-124-41-34-82(112)99-37-43-125-46-44-123-40-33-81(111)97-35-16-18-39-108-90-83(89(96)100-59-101-90)84(104-108)68-29-32-76-73(54-68)102-93(119)130-76/h9-14,20-23,29,32,51,54,57,59-60,62-63,65,67,70-71,74-75,77-79,86-87,114-115,120H,15-19,24-28,30-31,33-50,52-53,55-56,58,95H2,1-8H3,(H,97,111)(H,98,110)(H,99,112)(H,102,119)(H2,96,100,101)/b12-9+,20-11+,61-21+,64-51+,105-72-/t60-,62-,63-,65-,67+,70+,71-,74+,75+,77+,78+,79-,86-,87+,94-/m1/s1. The number of amides is 4. The first kappa shape index (κ1) is 103. The molecule has 2 bridgehead atoms. The van der Waals surface area contributed by atoms with Crippen molar-refractivity contribution in [3.8, 4) is 17.3 Å². The number of nitrogen functional groups attached to an aromatic ring is 1. The second kappa shape index (κ2) is 52.9. The summed E-state index contributed by atoms with van der Waals surface area (Å²) in [4.78, 5) is 116. The molecule has 3 fully saturated rings. The van der Waals surface area contributed by atoms with Gasteiger partial charge in [-0.2, -0.15) is 10.1 Å². The largest absolute Gasteiger partial charge is 0.466 e. The van der Waals surface area contributed by atoms with Crippen molar-refractivity contribution >= 4 is 74.8 Å². The van der Waals surface area contributed by atoms with E-state index in [2.05, 4.69) is 46.4 Å². The number of ketones is 2. The SMILES string of the molecule is CO[C@H]1C[C@@H]2CC[C@@H](C)[C@@](O)(O2)C(=O)C(=O)N2CCCC[C@H]2C(=O)O[C@H]([C@H](N)C[C@@H]2CC[C@H](n3cc(CCCC(=O)NCCOCCOCCOCCC(=O)NCCOCCOCCC(=O)NCCCCn4nc(-c5ccc6oc(O)nc6c5)c5c(N)ncnc54)nn3)[C@H](OC)C2)C/C(=N/OCc2ccccc2)[C@H](C)/C=C(\C)[C@@H](O)[C@@H](O)C(=O)[C@H](C)C[C@H](C)/C=C/C=C/C=C/1C. The van der Waals surface area contributed by atoms with Crippen molar-refractivity contribution in [3.05, 3.63) is 120 Å². The number of carbonyl (C=O) groups is 7. The summed E-state index contributed by atoms with van der Waals surface area (Å²) in [6, 6.07) is 12.3. The molecule has 2 saturated heterocycles. The molecule has 3 aliphatic heterocycles. The number of rotatable bonds is 40. The maximum absolute atomic E-state index is 15.2. The number of nitrogens with one attached hydrogen (secondary N) is 3. The molecule has 6 aromatic rings. The van der Waals surface area contributed by atoms with E-state index in [0.29, 0.717) is 201 Å². The van der Waals surface area contributed by atoms with E-state index in [1.165, 1.54) is 11.2 Å². The molecule has 10 rings (SSSR count). The molecule has 7 heterocycles. The third-order valence-electron chi connectivity index (χ3n) is 24.5. The number of benzene rings is 2. The van der Waals surface area contributed by atoms with Gasteiger partial charge in [-0.05, 0) is 150 Å². The first-order valence-electron chi connectivity index (χ1n) is 46.0. The summed E-state index contributed by atoms with van der Waals surface area (Å²) in [6.45, 7) is 15.2. The number of aliphatic hydroxyl groups is 3. The van der Waals surface area contributed by atoms with Crippen LogP contribution in [0.1, 0.15) is 174 Å². The number of allylic oxidation sites excluding steroid dienone is 6. The van der Waals surface area contributed by atoms with Gasteiger partial charge >= 0.3 is 12.0 Å². The highest BCUT2D eigenvalue weighted by atomic mass is 16.6. The number of aliphatic hydroxyl groups excluding tert-OH is 2. The minimum absolute atomic E-state index is 0.0221. The zero-order chi connectivity index (χ0) is 93.8. The van der Waals surface area contributed by atoms with Gasteiger partial charge in [0.15, 0.2) is 17.0 Å². The van der Waals surface area contributed by atoms with Gasteiger partial charge in [0.25, 0.3) is 11.7 Å². The number of oxime groups is 1. The average Bonchev–Trinajstić information content (AvgIpc) is 1.58. The molecule has 37 heteroatoms. The van der Waals surface area contributed by atoms with E-state index in [4.69, 9.17) is 68.5 Å². The molecule has 4 aliphatic rings. The van der Waals surface area contributed by atoms with Crippen LogP contribution in [0, 0.1) is 29.6 Å². The van der Waals surface area contributed by atoms with E-state index in [0.717, 1.165) is 11.1 Å². The molecule has 37 nitrogen and oxygen atoms in total. The number of cyclic esters (lactones) is 1. The molecular formula is C94H135N15O22. The normalized spacial score (nSPS) is 26.2. The topological polar surface area (TPSA) is 497 Å². The summed E-state index contributed by atoms with van der Waals surface area (Å²) < 4.78 is 61.6. The molecule has 11 N–H and O–H groups in total. The fraction of sp³-hybridized carbons (Fsp3) is 0.617. The molecule has 131 heavy (non-hydrogen) atoms. The minimum Gasteiger partial charge on any atom is -0.466 e. The monoisotopic (exact) mass is 1830 g/mol. The zero-order valence-electron chi connectivity index (χ0n) is 76.8. The van der Waals surface area contributed by atoms with Crippen molar-refractivity contribution < 1.29 is 106 Å². The zero-order valence-corrected chi connectivity index (χ0v) is 76.8. The predicted molar refractivity (Wildman–Crippen MR) is 485 cm³/mol. The van der Waals surface area contributed by atoms with E-state index in [9.17, 15) is 49.2 Å². The maximum Gasteiger partial charge on any atom is 0.392 e. The Labute approximate surface area is 764 Å². The number of nitrogens with zero attached hydrogens (tertiary/aromatic N) is 10. The van der Waals surface area contributed by atoms with Gasteiger partial charge in [-0.3, -0.25) is 28.8 Å². The van der Waals surface area contributed by atoms with Crippen LogP contribution in [-0.4, -0.2) is 273 Å². The Morgan fingerprint density at radius 3 is 2.15 bits per heavy atom. The lowest BCUT2D eigenvalue weighted by atomic mass is 9.79. The second-order valence-corrected chi connectivity index (χ2v) is 34.5. The number of Topliss-reactive ketones (excluding diaryl/α,β-unsaturated/α-hetero) is 2. The highest BCUT2D eigenvalue weighted by Gasteiger charge is 2.53. The summed E-state index contributed by atoms with van der Waals surface area (Å²) in [6.07, 6.45) is 15.7. The summed E-state index contributed by atoms with van der Waals surface area (Å²) in [5.74, 6) is -8.47. The van der Waals surface area contributed by atoms with Gasteiger partial charge in [-0.25, -0.2) is 24.1 Å². The van der Waals surface area contributed by atoms with E-state index in [1.54, 1.807) is 70.9 Å². The molecule has 15 atom stereocenters. The van der Waals surface area contributed by atoms with E-state index >= 15 is 4.79 Å². The molecule has 1 saturated carbocycles. The van der Waals surface area contributed by atoms with Crippen molar-refractivity contribution in [1.29, 1.82) is 0 Å². The molecule has 4 amide bonds. The predicted octanol–water partition coefficient (Wildman–Crippen LogP) is 7.94. The second-order valence-electron chi connectivity index (χ2n) is 34.5. The number of aryl methyl sites for hydroxylation is 2. The lowest BCUT2D eigenvalue weighted by Crippen LogP contribution is -2.61. The number of esters is 1. The molecule has 2 aromatic carbocycles. The number of aromatic hydroxyl groups is 1. The molecule has 0 spiro atoms. The number of nitrogens with two attached hydrogens (primary N) is 2. The number of unbranched alkanes of at least 4 members (excludes halogenated alkanes) is 1. The quantitative estimate of drug-likeness (QED) is 0.00579. The van der Waals surface area contributed by atoms with Crippen LogP contribution in [0.3, 0.4) is 0 Å². The van der Waals surface area contributed by atoms with Gasteiger partial charge in [-0.1, -0.05) is 105 Å². The minimum atomic E-state index is -2.51. The van der Waals surface area contributed by atoms with Gasteiger partial charge < -0.3 is 105 Å². The smallest absolute Gasteiger partial charge is 0.392 e. The molecule has 0 unspecified atom stereocenters. The fourth-order valence-electron chi connectivity index (χ4n) is 16.9. The molecule has 718 valence electrons. The van der Waals surface area contributed by atoms with E-state index in [-0.39, 0.29) is 125 Å². The van der Waals surface area contributed by atoms with Crippen LogP contribution >= 0.6 is 0 Å². The van der Waals surface area contributed by atoms with Crippen LogP contribution in [0.4, 0.5) is 5.82 Å². The number of oxazole rings is 1. The van der Waals surface area contributed by atoms with Gasteiger partial charge in [0, 0.05) is 115 Å². The Kier molecular flexibility index (Phi) is 41.6. The van der Waals surface area contributed by atoms with Crippen molar-refractivity contribution in [3.63, 3.8) is 0 Å². The number of ether oxygens (including phenoxy) is 9. The van der Waals surface area contributed by atoms with E-state index in [1.807, 2.05) is 85.4 Å². The summed E-state index contributed by atoms with van der Waals surface area (Å²) in [5.41, 5.74) is 19.4. The van der Waals surface area contributed by atoms with E-state index < -0.39 is 95.7 Å². The van der Waals surface area contributed by atoms with Crippen LogP contribution in [0.15, 0.2) is 118 Å². The van der Waals surface area contributed by atoms with Gasteiger partial charge in [-0.15, -0.1) is 5.10 Å². The lowest BCUT2D eigenvalue weighted by molar-refractivity contribution is -0.265. The Bertz CT molecular complexity index is 4800. The Balaban J connectivity index is 0.613. The number of hydrogen-bond acceptors (Lipinski definition) is 31. The van der Waals surface area contributed by atoms with Crippen LogP contribution < -0.4 is 27.4 Å². The molecular weight excluding hydrogens is 1690 g/mol. The number of aromatic nitrogens is 8. The Hall–Kier alpha value is -10.2. The van der Waals surface area contributed by atoms with Crippen LogP contribution in [0.2, 0.25) is 0 Å². The van der Waals surface area contributed by atoms with Crippen molar-refractivity contribution in [2.45, 2.75) is 237 Å². The number of fused-ring (bicyclic) bond motifs is 5. The Morgan fingerprint density at radius 1 is 0.740 bits per heavy atom. The van der Waals surface area contributed by atoms with Gasteiger partial charge in [0.05, 0.1) is 107 Å². The van der Waals surface area contributed by atoms with Crippen molar-refractivity contribution in [2.24, 2.45) is 40.5 Å². The van der Waals surface area contributed by atoms with Crippen LogP contribution in [0.25, 0.3) is 33.4 Å². The van der Waals surface area contributed by atoms with Crippen molar-refractivity contribution in [1.82, 2.24) is 60.6 Å². The lowest BCUT2D eigenvalue weighted by Gasteiger charge is -2.42. The van der Waals surface area contributed by atoms with Crippen LogP contribution in [0.5, 0.6) is 6.08 Å².